The van der Waals surface area contributed by atoms with E-state index >= 15 is 0 Å². The average molecular weight is 406 g/mol. The van der Waals surface area contributed by atoms with E-state index in [1.54, 1.807) is 24.3 Å². The molecule has 2 aromatic carbocycles. The number of anilines is 2. The summed E-state index contributed by atoms with van der Waals surface area (Å²) in [5.74, 6) is -0.998. The van der Waals surface area contributed by atoms with Crippen LogP contribution in [0.1, 0.15) is 11.1 Å². The van der Waals surface area contributed by atoms with Gasteiger partial charge in [-0.3, -0.25) is 9.59 Å². The second-order valence-electron chi connectivity index (χ2n) is 5.61. The molecular formula is C18H14BrClN2O2. The third-order valence-electron chi connectivity index (χ3n) is 3.60. The summed E-state index contributed by atoms with van der Waals surface area (Å²) in [5.41, 5.74) is 3.39. The van der Waals surface area contributed by atoms with Crippen molar-refractivity contribution in [3.8, 4) is 0 Å². The number of aryl methyl sites for hydroxylation is 2. The molecule has 0 fully saturated rings. The van der Waals surface area contributed by atoms with E-state index in [1.165, 1.54) is 0 Å². The molecule has 0 aromatic heterocycles. The number of nitrogens with zero attached hydrogens (tertiary/aromatic N) is 1. The van der Waals surface area contributed by atoms with E-state index in [0.29, 0.717) is 5.69 Å². The highest BCUT2D eigenvalue weighted by molar-refractivity contribution is 9.10. The van der Waals surface area contributed by atoms with Gasteiger partial charge in [0.1, 0.15) is 10.7 Å². The lowest BCUT2D eigenvalue weighted by Gasteiger charge is -2.15. The molecule has 6 heteroatoms. The van der Waals surface area contributed by atoms with E-state index in [-0.39, 0.29) is 10.7 Å². The fourth-order valence-electron chi connectivity index (χ4n) is 2.63. The van der Waals surface area contributed by atoms with E-state index in [9.17, 15) is 9.59 Å². The Balaban J connectivity index is 1.93. The van der Waals surface area contributed by atoms with Crippen molar-refractivity contribution >= 4 is 50.7 Å². The van der Waals surface area contributed by atoms with Crippen molar-refractivity contribution in [2.45, 2.75) is 13.8 Å². The molecule has 0 saturated heterocycles. The van der Waals surface area contributed by atoms with Crippen molar-refractivity contribution in [2.75, 3.05) is 10.2 Å². The number of nitrogens with one attached hydrogen (secondary N) is 1. The number of benzene rings is 2. The third kappa shape index (κ3) is 3.09. The summed E-state index contributed by atoms with van der Waals surface area (Å²) in [6.07, 6.45) is 0. The SMILES string of the molecule is Cc1cc(C)cc(NC2=C(Cl)C(=O)N(c3ccc(Br)cc3)C2=O)c1. The Bertz CT molecular complexity index is 855. The quantitative estimate of drug-likeness (QED) is 0.765. The average Bonchev–Trinajstić information content (AvgIpc) is 2.71. The molecule has 0 aliphatic carbocycles. The first kappa shape index (κ1) is 16.7. The highest BCUT2D eigenvalue weighted by atomic mass is 79.9. The molecule has 3 rings (SSSR count). The van der Waals surface area contributed by atoms with Crippen LogP contribution in [0.5, 0.6) is 0 Å². The zero-order valence-corrected chi connectivity index (χ0v) is 15.4. The first-order chi connectivity index (χ1) is 11.4. The van der Waals surface area contributed by atoms with Gasteiger partial charge < -0.3 is 5.32 Å². The summed E-state index contributed by atoms with van der Waals surface area (Å²) in [5, 5.41) is 2.88. The Morgan fingerprint density at radius 3 is 2.12 bits per heavy atom. The lowest BCUT2D eigenvalue weighted by Crippen LogP contribution is -2.32. The van der Waals surface area contributed by atoms with Gasteiger partial charge in [0.2, 0.25) is 0 Å². The molecule has 1 N–H and O–H groups in total. The van der Waals surface area contributed by atoms with Crippen molar-refractivity contribution in [1.29, 1.82) is 0 Å². The van der Waals surface area contributed by atoms with Gasteiger partial charge in [-0.2, -0.15) is 0 Å². The minimum absolute atomic E-state index is 0.0922. The van der Waals surface area contributed by atoms with Crippen LogP contribution in [0.25, 0.3) is 0 Å². The minimum atomic E-state index is -0.532. The van der Waals surface area contributed by atoms with Crippen molar-refractivity contribution in [3.05, 3.63) is 68.8 Å². The zero-order valence-electron chi connectivity index (χ0n) is 13.1. The van der Waals surface area contributed by atoms with Crippen LogP contribution >= 0.6 is 27.5 Å². The van der Waals surface area contributed by atoms with Gasteiger partial charge >= 0.3 is 0 Å². The van der Waals surface area contributed by atoms with Crippen LogP contribution < -0.4 is 10.2 Å². The van der Waals surface area contributed by atoms with Gasteiger partial charge in [0.05, 0.1) is 5.69 Å². The van der Waals surface area contributed by atoms with E-state index in [2.05, 4.69) is 21.2 Å². The van der Waals surface area contributed by atoms with E-state index in [0.717, 1.165) is 26.2 Å². The lowest BCUT2D eigenvalue weighted by molar-refractivity contribution is -0.120. The van der Waals surface area contributed by atoms with Gasteiger partial charge in [0.15, 0.2) is 0 Å². The first-order valence-corrected chi connectivity index (χ1v) is 8.43. The number of imide groups is 1. The number of carbonyl (C=O) groups is 2. The topological polar surface area (TPSA) is 49.4 Å². The standard InChI is InChI=1S/C18H14BrClN2O2/c1-10-7-11(2)9-13(8-10)21-16-15(20)17(23)22(18(16)24)14-5-3-12(19)4-6-14/h3-9,21H,1-2H3. The first-order valence-electron chi connectivity index (χ1n) is 7.26. The highest BCUT2D eigenvalue weighted by Crippen LogP contribution is 2.31. The Hall–Kier alpha value is -2.11. The molecule has 1 aliphatic heterocycles. The molecule has 0 spiro atoms. The van der Waals surface area contributed by atoms with Crippen LogP contribution in [0.4, 0.5) is 11.4 Å². The fourth-order valence-corrected chi connectivity index (χ4v) is 3.10. The van der Waals surface area contributed by atoms with Crippen LogP contribution in [0.15, 0.2) is 57.7 Å². The molecule has 4 nitrogen and oxygen atoms in total. The van der Waals surface area contributed by atoms with Crippen molar-refractivity contribution < 1.29 is 9.59 Å². The maximum atomic E-state index is 12.7. The molecule has 1 heterocycles. The van der Waals surface area contributed by atoms with E-state index in [4.69, 9.17) is 11.6 Å². The molecule has 2 amide bonds. The van der Waals surface area contributed by atoms with Crippen LogP contribution in [0.3, 0.4) is 0 Å². The number of carbonyl (C=O) groups excluding carboxylic acids is 2. The molecule has 1 aliphatic rings. The normalized spacial score (nSPS) is 14.6. The van der Waals surface area contributed by atoms with Gasteiger partial charge in [0, 0.05) is 10.2 Å². The monoisotopic (exact) mass is 404 g/mol. The summed E-state index contributed by atoms with van der Waals surface area (Å²) in [4.78, 5) is 26.1. The molecular weight excluding hydrogens is 392 g/mol. The summed E-state index contributed by atoms with van der Waals surface area (Å²) in [7, 11) is 0. The number of amides is 2. The van der Waals surface area contributed by atoms with E-state index in [1.807, 2.05) is 32.0 Å². The van der Waals surface area contributed by atoms with Gasteiger partial charge in [-0.25, -0.2) is 4.90 Å². The Kier molecular flexibility index (Phi) is 4.47. The Morgan fingerprint density at radius 1 is 0.958 bits per heavy atom. The smallest absolute Gasteiger partial charge is 0.283 e. The number of hydrogen-bond acceptors (Lipinski definition) is 3. The summed E-state index contributed by atoms with van der Waals surface area (Å²) in [6, 6.07) is 12.7. The second kappa shape index (κ2) is 6.42. The number of hydrogen-bond donors (Lipinski definition) is 1. The summed E-state index contributed by atoms with van der Waals surface area (Å²) < 4.78 is 0.859. The van der Waals surface area contributed by atoms with Crippen LogP contribution in [-0.2, 0) is 9.59 Å². The number of halogens is 2. The summed E-state index contributed by atoms with van der Waals surface area (Å²) in [6.45, 7) is 3.92. The Morgan fingerprint density at radius 2 is 1.54 bits per heavy atom. The van der Waals surface area contributed by atoms with Crippen LogP contribution in [-0.4, -0.2) is 11.8 Å². The van der Waals surface area contributed by atoms with Crippen molar-refractivity contribution in [2.24, 2.45) is 0 Å². The minimum Gasteiger partial charge on any atom is -0.350 e. The second-order valence-corrected chi connectivity index (χ2v) is 6.91. The predicted octanol–water partition coefficient (Wildman–Crippen LogP) is 4.50. The van der Waals surface area contributed by atoms with Gasteiger partial charge in [-0.05, 0) is 61.4 Å². The largest absolute Gasteiger partial charge is 0.350 e. The maximum Gasteiger partial charge on any atom is 0.283 e. The molecule has 0 unspecified atom stereocenters. The van der Waals surface area contributed by atoms with Crippen LogP contribution in [0, 0.1) is 13.8 Å². The lowest BCUT2D eigenvalue weighted by atomic mass is 10.1. The van der Waals surface area contributed by atoms with E-state index < -0.39 is 11.8 Å². The van der Waals surface area contributed by atoms with Gasteiger partial charge in [0.25, 0.3) is 11.8 Å². The summed E-state index contributed by atoms with van der Waals surface area (Å²) >= 11 is 9.45. The predicted molar refractivity (Wildman–Crippen MR) is 99.1 cm³/mol. The zero-order chi connectivity index (χ0) is 17.4. The van der Waals surface area contributed by atoms with Crippen molar-refractivity contribution in [3.63, 3.8) is 0 Å². The molecule has 0 saturated carbocycles. The van der Waals surface area contributed by atoms with Crippen molar-refractivity contribution in [1.82, 2.24) is 0 Å². The van der Waals surface area contributed by atoms with Crippen LogP contribution in [0.2, 0.25) is 0 Å². The molecule has 122 valence electrons. The number of rotatable bonds is 3. The highest BCUT2D eigenvalue weighted by Gasteiger charge is 2.38. The molecule has 0 bridgehead atoms. The third-order valence-corrected chi connectivity index (χ3v) is 4.48. The molecule has 2 aromatic rings. The van der Waals surface area contributed by atoms with Gasteiger partial charge in [-0.1, -0.05) is 33.6 Å². The van der Waals surface area contributed by atoms with Gasteiger partial charge in [-0.15, -0.1) is 0 Å². The molecule has 24 heavy (non-hydrogen) atoms. The molecule has 0 atom stereocenters. The fraction of sp³-hybridized carbons (Fsp3) is 0.111. The molecule has 0 radical (unpaired) electrons. The Labute approximate surface area is 153 Å². The maximum absolute atomic E-state index is 12.7.